The number of hydrogen-bond acceptors (Lipinski definition) is 2. The van der Waals surface area contributed by atoms with E-state index in [-0.39, 0.29) is 5.82 Å². The van der Waals surface area contributed by atoms with Crippen molar-refractivity contribution in [1.82, 2.24) is 9.55 Å². The van der Waals surface area contributed by atoms with Gasteiger partial charge in [-0.05, 0) is 73.7 Å². The molecule has 1 aliphatic carbocycles. The van der Waals surface area contributed by atoms with Crippen LogP contribution in [0.25, 0.3) is 16.9 Å². The van der Waals surface area contributed by atoms with Crippen LogP contribution in [0.5, 0.6) is 0 Å². The molecule has 1 fully saturated rings. The van der Waals surface area contributed by atoms with Crippen molar-refractivity contribution in [3.63, 3.8) is 0 Å². The average Bonchev–Trinajstić information content (AvgIpc) is 3.14. The third-order valence-corrected chi connectivity index (χ3v) is 6.88. The number of hydrogen-bond donors (Lipinski definition) is 0. The second-order valence-electron chi connectivity index (χ2n) is 7.52. The summed E-state index contributed by atoms with van der Waals surface area (Å²) in [5.41, 5.74) is 3.59. The van der Waals surface area contributed by atoms with E-state index in [9.17, 15) is 4.39 Å². The van der Waals surface area contributed by atoms with Crippen LogP contribution in [0.15, 0.2) is 53.8 Å². The quantitative estimate of drug-likeness (QED) is 0.407. The molecule has 3 aromatic rings. The van der Waals surface area contributed by atoms with Gasteiger partial charge in [-0.1, -0.05) is 42.6 Å². The van der Waals surface area contributed by atoms with Gasteiger partial charge >= 0.3 is 0 Å². The van der Waals surface area contributed by atoms with E-state index in [0.717, 1.165) is 33.8 Å². The smallest absolute Gasteiger partial charge is 0.173 e. The molecule has 0 aliphatic heterocycles. The van der Waals surface area contributed by atoms with Gasteiger partial charge in [0.1, 0.15) is 5.82 Å². The van der Waals surface area contributed by atoms with E-state index in [1.165, 1.54) is 38.2 Å². The van der Waals surface area contributed by atoms with Crippen molar-refractivity contribution < 1.29 is 4.39 Å². The van der Waals surface area contributed by atoms with Gasteiger partial charge in [0.25, 0.3) is 0 Å². The monoisotopic (exact) mass is 414 g/mol. The Morgan fingerprint density at radius 2 is 1.86 bits per heavy atom. The second-order valence-corrected chi connectivity index (χ2v) is 8.94. The maximum atomic E-state index is 13.8. The van der Waals surface area contributed by atoms with Gasteiger partial charge in [-0.15, -0.1) is 0 Å². The lowest BCUT2D eigenvalue weighted by Gasteiger charge is -2.21. The predicted molar refractivity (Wildman–Crippen MR) is 116 cm³/mol. The minimum Gasteiger partial charge on any atom is -0.287 e. The summed E-state index contributed by atoms with van der Waals surface area (Å²) in [7, 11) is 0. The van der Waals surface area contributed by atoms with Gasteiger partial charge < -0.3 is 0 Å². The maximum absolute atomic E-state index is 13.8. The molecule has 2 aromatic carbocycles. The first-order valence-corrected chi connectivity index (χ1v) is 11.2. The van der Waals surface area contributed by atoms with Crippen molar-refractivity contribution in [2.24, 2.45) is 5.92 Å². The van der Waals surface area contributed by atoms with Crippen LogP contribution in [0.2, 0.25) is 5.02 Å². The average molecular weight is 415 g/mol. The molecule has 1 aliphatic rings. The van der Waals surface area contributed by atoms with E-state index in [1.807, 2.05) is 54.4 Å². The molecule has 0 radical (unpaired) electrons. The molecule has 146 valence electrons. The number of aryl methyl sites for hydroxylation is 1. The summed E-state index contributed by atoms with van der Waals surface area (Å²) in [5, 5.41) is 1.68. The molecular weight excluding hydrogens is 391 g/mol. The lowest BCUT2D eigenvalue weighted by molar-refractivity contribution is 0.390. The first kappa shape index (κ1) is 19.5. The Kier molecular flexibility index (Phi) is 6.07. The molecule has 1 saturated carbocycles. The van der Waals surface area contributed by atoms with E-state index in [2.05, 4.69) is 4.57 Å². The Labute approximate surface area is 175 Å². The molecule has 1 heterocycles. The Balaban J connectivity index is 1.70. The van der Waals surface area contributed by atoms with Gasteiger partial charge in [0.15, 0.2) is 5.16 Å². The molecule has 4 rings (SSSR count). The molecule has 0 bridgehead atoms. The van der Waals surface area contributed by atoms with Gasteiger partial charge in [-0.3, -0.25) is 4.57 Å². The Morgan fingerprint density at radius 3 is 2.57 bits per heavy atom. The van der Waals surface area contributed by atoms with Gasteiger partial charge in [0, 0.05) is 22.0 Å². The third-order valence-electron chi connectivity index (χ3n) is 5.44. The Hall–Kier alpha value is -1.78. The van der Waals surface area contributed by atoms with E-state index in [4.69, 9.17) is 16.6 Å². The molecule has 1 aromatic heterocycles. The summed E-state index contributed by atoms with van der Waals surface area (Å²) < 4.78 is 15.9. The van der Waals surface area contributed by atoms with Crippen molar-refractivity contribution in [3.8, 4) is 16.9 Å². The van der Waals surface area contributed by atoms with Crippen molar-refractivity contribution in [3.05, 3.63) is 65.1 Å². The minimum absolute atomic E-state index is 0.187. The lowest BCUT2D eigenvalue weighted by atomic mass is 9.91. The molecular formula is C23H24ClFN2S. The molecule has 0 unspecified atom stereocenters. The molecule has 0 amide bonds. The van der Waals surface area contributed by atoms with Gasteiger partial charge in [-0.2, -0.15) is 0 Å². The number of aromatic nitrogens is 2. The maximum Gasteiger partial charge on any atom is 0.173 e. The number of thioether (sulfide) groups is 1. The van der Waals surface area contributed by atoms with E-state index < -0.39 is 0 Å². The van der Waals surface area contributed by atoms with Gasteiger partial charge in [0.05, 0.1) is 11.9 Å². The highest BCUT2D eigenvalue weighted by atomic mass is 35.5. The normalized spacial score (nSPS) is 15.1. The van der Waals surface area contributed by atoms with Gasteiger partial charge in [-0.25, -0.2) is 9.37 Å². The van der Waals surface area contributed by atoms with Crippen LogP contribution in [0.4, 0.5) is 4.39 Å². The van der Waals surface area contributed by atoms with E-state index in [1.54, 1.807) is 6.92 Å². The van der Waals surface area contributed by atoms with Crippen LogP contribution < -0.4 is 0 Å². The van der Waals surface area contributed by atoms with Crippen molar-refractivity contribution in [1.29, 1.82) is 0 Å². The zero-order valence-electron chi connectivity index (χ0n) is 16.0. The molecule has 0 spiro atoms. The highest BCUT2D eigenvalue weighted by molar-refractivity contribution is 7.99. The Bertz CT molecular complexity index is 946. The summed E-state index contributed by atoms with van der Waals surface area (Å²) in [6, 6.07) is 13.0. The largest absolute Gasteiger partial charge is 0.287 e. The van der Waals surface area contributed by atoms with Crippen LogP contribution in [0.1, 0.15) is 37.7 Å². The standard InChI is InChI=1S/C23H24ClFN2S/c1-16-13-18(7-12-21(16)25)22-14-26-23(28-15-17-5-3-2-4-6-17)27(22)20-10-8-19(24)9-11-20/h7-14,17H,2-6,15H2,1H3. The minimum atomic E-state index is -0.187. The van der Waals surface area contributed by atoms with Crippen LogP contribution in [0, 0.1) is 18.7 Å². The molecule has 2 nitrogen and oxygen atoms in total. The SMILES string of the molecule is Cc1cc(-c2cnc(SCC3CCCCC3)n2-c2ccc(Cl)cc2)ccc1F. The molecule has 0 atom stereocenters. The fraction of sp³-hybridized carbons (Fsp3) is 0.348. The number of halogens is 2. The van der Waals surface area contributed by atoms with Crippen molar-refractivity contribution in [2.75, 3.05) is 5.75 Å². The molecule has 0 saturated heterocycles. The molecule has 5 heteroatoms. The van der Waals surface area contributed by atoms with Crippen LogP contribution in [0.3, 0.4) is 0 Å². The first-order chi connectivity index (χ1) is 13.6. The summed E-state index contributed by atoms with van der Waals surface area (Å²) >= 11 is 7.92. The fourth-order valence-electron chi connectivity index (χ4n) is 3.83. The second kappa shape index (κ2) is 8.71. The molecule has 28 heavy (non-hydrogen) atoms. The Morgan fingerprint density at radius 1 is 1.11 bits per heavy atom. The first-order valence-electron chi connectivity index (χ1n) is 9.85. The zero-order chi connectivity index (χ0) is 19.5. The van der Waals surface area contributed by atoms with Crippen molar-refractivity contribution >= 4 is 23.4 Å². The molecule has 0 N–H and O–H groups in total. The highest BCUT2D eigenvalue weighted by Crippen LogP contribution is 2.34. The zero-order valence-corrected chi connectivity index (χ0v) is 17.6. The topological polar surface area (TPSA) is 17.8 Å². The summed E-state index contributed by atoms with van der Waals surface area (Å²) in [6.07, 6.45) is 8.59. The predicted octanol–water partition coefficient (Wildman–Crippen LogP) is 7.31. The third kappa shape index (κ3) is 4.28. The number of imidazole rings is 1. The highest BCUT2D eigenvalue weighted by Gasteiger charge is 2.18. The lowest BCUT2D eigenvalue weighted by Crippen LogP contribution is -2.09. The van der Waals surface area contributed by atoms with Crippen LogP contribution in [-0.4, -0.2) is 15.3 Å². The number of nitrogens with zero attached hydrogens (tertiary/aromatic N) is 2. The fourth-order valence-corrected chi connectivity index (χ4v) is 5.13. The summed E-state index contributed by atoms with van der Waals surface area (Å²) in [5.74, 6) is 1.67. The van der Waals surface area contributed by atoms with E-state index in [0.29, 0.717) is 10.6 Å². The summed E-state index contributed by atoms with van der Waals surface area (Å²) in [4.78, 5) is 4.73. The summed E-state index contributed by atoms with van der Waals surface area (Å²) in [6.45, 7) is 1.79. The number of benzene rings is 2. The van der Waals surface area contributed by atoms with Gasteiger partial charge in [0.2, 0.25) is 0 Å². The van der Waals surface area contributed by atoms with Crippen LogP contribution >= 0.6 is 23.4 Å². The number of rotatable bonds is 5. The van der Waals surface area contributed by atoms with Crippen LogP contribution in [-0.2, 0) is 0 Å². The van der Waals surface area contributed by atoms with Crippen molar-refractivity contribution in [2.45, 2.75) is 44.2 Å². The van der Waals surface area contributed by atoms with E-state index >= 15 is 0 Å².